The minimum Gasteiger partial charge on any atom is -0.481 e. The van der Waals surface area contributed by atoms with Gasteiger partial charge in [-0.15, -0.1) is 0 Å². The number of carbonyl (C=O) groups is 2. The number of ether oxygens (including phenoxy) is 1. The molecule has 0 aliphatic heterocycles. The Balaban J connectivity index is 2.48. The van der Waals surface area contributed by atoms with E-state index in [0.29, 0.717) is 29.3 Å². The fourth-order valence-electron chi connectivity index (χ4n) is 2.33. The quantitative estimate of drug-likeness (QED) is 0.707. The van der Waals surface area contributed by atoms with E-state index in [4.69, 9.17) is 33.0 Å². The SMILES string of the molecule is COCC(C)(CC(=O)O)NC(=O)CCCc1ccc(Cl)c(Cl)c1. The molecule has 7 heteroatoms. The molecule has 0 fully saturated rings. The Kier molecular flexibility index (Phi) is 7.82. The number of carboxylic acids is 1. The molecular formula is C16H21Cl2NO4. The number of carbonyl (C=O) groups excluding carboxylic acids is 1. The van der Waals surface area contributed by atoms with Gasteiger partial charge in [-0.25, -0.2) is 0 Å². The summed E-state index contributed by atoms with van der Waals surface area (Å²) in [6.07, 6.45) is 1.41. The summed E-state index contributed by atoms with van der Waals surface area (Å²) in [4.78, 5) is 22.9. The van der Waals surface area contributed by atoms with Gasteiger partial charge in [0, 0.05) is 13.5 Å². The third-order valence-corrected chi connectivity index (χ3v) is 4.04. The summed E-state index contributed by atoms with van der Waals surface area (Å²) >= 11 is 11.8. The second-order valence-corrected chi connectivity index (χ2v) is 6.53. The second kappa shape index (κ2) is 9.11. The Labute approximate surface area is 145 Å². The normalized spacial score (nSPS) is 13.4. The van der Waals surface area contributed by atoms with Crippen molar-refractivity contribution in [2.24, 2.45) is 0 Å². The van der Waals surface area contributed by atoms with E-state index in [2.05, 4.69) is 5.32 Å². The van der Waals surface area contributed by atoms with Crippen molar-refractivity contribution in [2.75, 3.05) is 13.7 Å². The summed E-state index contributed by atoms with van der Waals surface area (Å²) in [6, 6.07) is 5.37. The lowest BCUT2D eigenvalue weighted by Crippen LogP contribution is -2.50. The van der Waals surface area contributed by atoms with Gasteiger partial charge < -0.3 is 15.2 Å². The van der Waals surface area contributed by atoms with Crippen LogP contribution >= 0.6 is 23.2 Å². The van der Waals surface area contributed by atoms with Crippen LogP contribution in [-0.2, 0) is 20.7 Å². The van der Waals surface area contributed by atoms with Gasteiger partial charge in [0.1, 0.15) is 0 Å². The van der Waals surface area contributed by atoms with E-state index in [1.165, 1.54) is 7.11 Å². The average Bonchev–Trinajstić information content (AvgIpc) is 2.41. The topological polar surface area (TPSA) is 75.6 Å². The molecule has 0 heterocycles. The molecule has 1 rings (SSSR count). The number of amides is 1. The van der Waals surface area contributed by atoms with E-state index in [1.54, 1.807) is 19.1 Å². The molecule has 0 aromatic heterocycles. The van der Waals surface area contributed by atoms with Crippen molar-refractivity contribution >= 4 is 35.1 Å². The summed E-state index contributed by atoms with van der Waals surface area (Å²) in [5.74, 6) is -1.19. The summed E-state index contributed by atoms with van der Waals surface area (Å²) < 4.78 is 5.00. The van der Waals surface area contributed by atoms with Crippen LogP contribution in [0.15, 0.2) is 18.2 Å². The number of hydrogen-bond donors (Lipinski definition) is 2. The van der Waals surface area contributed by atoms with Gasteiger partial charge in [-0.1, -0.05) is 29.3 Å². The van der Waals surface area contributed by atoms with Crippen LogP contribution in [0, 0.1) is 0 Å². The zero-order valence-corrected chi connectivity index (χ0v) is 14.7. The van der Waals surface area contributed by atoms with Crippen LogP contribution in [0.2, 0.25) is 10.0 Å². The van der Waals surface area contributed by atoms with Gasteiger partial charge in [0.25, 0.3) is 0 Å². The first-order chi connectivity index (χ1) is 10.8. The van der Waals surface area contributed by atoms with Crippen molar-refractivity contribution in [1.29, 1.82) is 0 Å². The van der Waals surface area contributed by atoms with Crippen LogP contribution in [0.25, 0.3) is 0 Å². The highest BCUT2D eigenvalue weighted by Gasteiger charge is 2.29. The van der Waals surface area contributed by atoms with Crippen LogP contribution in [0.1, 0.15) is 31.7 Å². The minimum atomic E-state index is -0.986. The van der Waals surface area contributed by atoms with E-state index in [1.807, 2.05) is 6.07 Å². The highest BCUT2D eigenvalue weighted by molar-refractivity contribution is 6.42. The molecular weight excluding hydrogens is 341 g/mol. The summed E-state index contributed by atoms with van der Waals surface area (Å²) in [5, 5.41) is 12.7. The lowest BCUT2D eigenvalue weighted by atomic mass is 9.98. The van der Waals surface area contributed by atoms with E-state index in [9.17, 15) is 9.59 Å². The molecule has 0 saturated heterocycles. The van der Waals surface area contributed by atoms with Crippen LogP contribution in [-0.4, -0.2) is 36.2 Å². The van der Waals surface area contributed by atoms with Crippen molar-refractivity contribution in [3.8, 4) is 0 Å². The number of methoxy groups -OCH3 is 1. The van der Waals surface area contributed by atoms with E-state index < -0.39 is 11.5 Å². The molecule has 128 valence electrons. The number of aliphatic carboxylic acids is 1. The van der Waals surface area contributed by atoms with Gasteiger partial charge in [0.2, 0.25) is 5.91 Å². The highest BCUT2D eigenvalue weighted by atomic mass is 35.5. The summed E-state index contributed by atoms with van der Waals surface area (Å²) in [7, 11) is 1.47. The van der Waals surface area contributed by atoms with Crippen LogP contribution in [0.5, 0.6) is 0 Å². The van der Waals surface area contributed by atoms with Gasteiger partial charge >= 0.3 is 5.97 Å². The Morgan fingerprint density at radius 2 is 2.00 bits per heavy atom. The molecule has 0 bridgehead atoms. The molecule has 0 radical (unpaired) electrons. The number of nitrogens with one attached hydrogen (secondary N) is 1. The van der Waals surface area contributed by atoms with Crippen molar-refractivity contribution in [3.63, 3.8) is 0 Å². The predicted octanol–water partition coefficient (Wildman–Crippen LogP) is 3.31. The van der Waals surface area contributed by atoms with E-state index in [0.717, 1.165) is 5.56 Å². The zero-order valence-electron chi connectivity index (χ0n) is 13.2. The minimum absolute atomic E-state index is 0.137. The smallest absolute Gasteiger partial charge is 0.305 e. The third kappa shape index (κ3) is 7.20. The third-order valence-electron chi connectivity index (χ3n) is 3.30. The maximum atomic E-state index is 12.0. The maximum absolute atomic E-state index is 12.0. The predicted molar refractivity (Wildman–Crippen MR) is 90.1 cm³/mol. The summed E-state index contributed by atoms with van der Waals surface area (Å²) in [6.45, 7) is 1.79. The maximum Gasteiger partial charge on any atom is 0.305 e. The first-order valence-electron chi connectivity index (χ1n) is 7.21. The Bertz CT molecular complexity index is 565. The number of rotatable bonds is 9. The number of halogens is 2. The molecule has 0 aliphatic carbocycles. The van der Waals surface area contributed by atoms with Gasteiger partial charge in [0.15, 0.2) is 0 Å². The molecule has 1 amide bonds. The number of benzene rings is 1. The molecule has 1 aromatic carbocycles. The Morgan fingerprint density at radius 3 is 2.57 bits per heavy atom. The van der Waals surface area contributed by atoms with E-state index >= 15 is 0 Å². The molecule has 23 heavy (non-hydrogen) atoms. The van der Waals surface area contributed by atoms with Gasteiger partial charge in [-0.2, -0.15) is 0 Å². The fourth-order valence-corrected chi connectivity index (χ4v) is 2.65. The largest absolute Gasteiger partial charge is 0.481 e. The van der Waals surface area contributed by atoms with Crippen molar-refractivity contribution in [1.82, 2.24) is 5.32 Å². The number of aryl methyl sites for hydroxylation is 1. The molecule has 0 aliphatic rings. The van der Waals surface area contributed by atoms with E-state index in [-0.39, 0.29) is 18.9 Å². The van der Waals surface area contributed by atoms with Gasteiger partial charge in [0.05, 0.1) is 28.6 Å². The molecule has 1 unspecified atom stereocenters. The highest BCUT2D eigenvalue weighted by Crippen LogP contribution is 2.23. The monoisotopic (exact) mass is 361 g/mol. The Hall–Kier alpha value is -1.30. The second-order valence-electron chi connectivity index (χ2n) is 5.71. The summed E-state index contributed by atoms with van der Waals surface area (Å²) in [5.41, 5.74) is 0.0822. The molecule has 2 N–H and O–H groups in total. The lowest BCUT2D eigenvalue weighted by Gasteiger charge is -2.28. The first kappa shape index (κ1) is 19.7. The standard InChI is InChI=1S/C16H21Cl2NO4/c1-16(10-23-2,9-15(21)22)19-14(20)5-3-4-11-6-7-12(17)13(18)8-11/h6-8H,3-5,9-10H2,1-2H3,(H,19,20)(H,21,22). The van der Waals surface area contributed by atoms with Crippen molar-refractivity contribution in [3.05, 3.63) is 33.8 Å². The average molecular weight is 362 g/mol. The zero-order chi connectivity index (χ0) is 17.5. The van der Waals surface area contributed by atoms with Crippen LogP contribution in [0.3, 0.4) is 0 Å². The van der Waals surface area contributed by atoms with Gasteiger partial charge in [-0.3, -0.25) is 9.59 Å². The number of carboxylic acid groups (broad SMARTS) is 1. The molecule has 0 spiro atoms. The number of hydrogen-bond acceptors (Lipinski definition) is 3. The fraction of sp³-hybridized carbons (Fsp3) is 0.500. The van der Waals surface area contributed by atoms with Crippen molar-refractivity contribution in [2.45, 2.75) is 38.1 Å². The Morgan fingerprint density at radius 1 is 1.30 bits per heavy atom. The van der Waals surface area contributed by atoms with Crippen LogP contribution < -0.4 is 5.32 Å². The van der Waals surface area contributed by atoms with Gasteiger partial charge in [-0.05, 0) is 37.5 Å². The molecule has 1 aromatic rings. The van der Waals surface area contributed by atoms with Crippen LogP contribution in [0.4, 0.5) is 0 Å². The molecule has 0 saturated carbocycles. The first-order valence-corrected chi connectivity index (χ1v) is 7.97. The lowest BCUT2D eigenvalue weighted by molar-refractivity contribution is -0.139. The van der Waals surface area contributed by atoms with Crippen molar-refractivity contribution < 1.29 is 19.4 Å². The molecule has 5 nitrogen and oxygen atoms in total. The molecule has 1 atom stereocenters.